The van der Waals surface area contributed by atoms with E-state index in [-0.39, 0.29) is 36.2 Å². The van der Waals surface area contributed by atoms with Gasteiger partial charge in [0, 0.05) is 24.3 Å². The summed E-state index contributed by atoms with van der Waals surface area (Å²) in [4.78, 5) is 59.1. The first kappa shape index (κ1) is 36.5. The number of esters is 1. The predicted octanol–water partition coefficient (Wildman–Crippen LogP) is 4.65. The number of rotatable bonds is 17. The number of ether oxygens (including phenoxy) is 2. The molecule has 0 aromatic heterocycles. The minimum atomic E-state index is -1.34. The van der Waals surface area contributed by atoms with Crippen LogP contribution in [0.2, 0.25) is 0 Å². The molecule has 0 aliphatic carbocycles. The largest absolute Gasteiger partial charge is 0.455 e. The van der Waals surface area contributed by atoms with Crippen LogP contribution >= 0.6 is 15.9 Å². The van der Waals surface area contributed by atoms with Crippen LogP contribution in [0, 0.1) is 11.8 Å². The van der Waals surface area contributed by atoms with E-state index in [1.54, 1.807) is 17.1 Å². The van der Waals surface area contributed by atoms with Crippen LogP contribution in [-0.2, 0) is 28.7 Å². The van der Waals surface area contributed by atoms with E-state index in [9.17, 15) is 24.3 Å². The third-order valence-electron chi connectivity index (χ3n) is 9.86. The molecule has 3 amide bonds. The van der Waals surface area contributed by atoms with Gasteiger partial charge in [0.25, 0.3) is 0 Å². The van der Waals surface area contributed by atoms with Crippen molar-refractivity contribution in [1.29, 1.82) is 0 Å². The summed E-state index contributed by atoms with van der Waals surface area (Å²) in [6.07, 6.45) is 4.45. The number of hydrogen-bond donors (Lipinski definition) is 2. The number of amides is 3. The number of aliphatic hydroxyl groups is 1. The van der Waals surface area contributed by atoms with Gasteiger partial charge < -0.3 is 29.7 Å². The van der Waals surface area contributed by atoms with Crippen molar-refractivity contribution in [3.8, 4) is 0 Å². The minimum absolute atomic E-state index is 0.0350. The Bertz CT molecular complexity index is 1510. The Morgan fingerprint density at radius 1 is 1.12 bits per heavy atom. The number of alkyl halides is 1. The Morgan fingerprint density at radius 3 is 2.41 bits per heavy atom. The number of halogens is 1. The van der Waals surface area contributed by atoms with Gasteiger partial charge in [0.15, 0.2) is 0 Å². The summed E-state index contributed by atoms with van der Waals surface area (Å²) in [6, 6.07) is 16.3. The zero-order valence-electron chi connectivity index (χ0n) is 27.9. The molecule has 10 nitrogen and oxygen atoms in total. The average molecular weight is 737 g/mol. The number of fused-ring (bicyclic) bond motifs is 1. The van der Waals surface area contributed by atoms with Gasteiger partial charge in [-0.2, -0.15) is 0 Å². The number of likely N-dealkylation sites (tertiary alicyclic amines) is 1. The fourth-order valence-corrected chi connectivity index (χ4v) is 8.54. The number of nitrogens with zero attached hydrogens (tertiary/aromatic N) is 2. The highest BCUT2D eigenvalue weighted by atomic mass is 79.9. The molecular weight excluding hydrogens is 690 g/mol. The molecule has 0 saturated carbocycles. The highest BCUT2D eigenvalue weighted by Gasteiger charge is 2.77. The summed E-state index contributed by atoms with van der Waals surface area (Å²) in [5.74, 6) is -3.66. The highest BCUT2D eigenvalue weighted by Crippen LogP contribution is 2.61. The van der Waals surface area contributed by atoms with Crippen LogP contribution in [-0.4, -0.2) is 87.4 Å². The molecule has 5 rings (SSSR count). The van der Waals surface area contributed by atoms with Crippen molar-refractivity contribution in [3.63, 3.8) is 0 Å². The van der Waals surface area contributed by atoms with Gasteiger partial charge in [-0.3, -0.25) is 19.2 Å². The molecular formula is C38H46BrN3O7. The minimum Gasteiger partial charge on any atom is -0.455 e. The smallest absolute Gasteiger partial charge is 0.313 e. The molecule has 2 aromatic carbocycles. The predicted molar refractivity (Wildman–Crippen MR) is 188 cm³/mol. The maximum atomic E-state index is 14.8. The molecule has 3 aliphatic heterocycles. The summed E-state index contributed by atoms with van der Waals surface area (Å²) in [5, 5.41) is 13.6. The van der Waals surface area contributed by atoms with E-state index in [1.165, 1.54) is 4.90 Å². The first-order valence-electron chi connectivity index (χ1n) is 17.0. The van der Waals surface area contributed by atoms with Crippen molar-refractivity contribution in [1.82, 2.24) is 15.1 Å². The first-order chi connectivity index (χ1) is 23.7. The van der Waals surface area contributed by atoms with Gasteiger partial charge in [-0.25, -0.2) is 0 Å². The van der Waals surface area contributed by atoms with E-state index < -0.39 is 60.2 Å². The fraction of sp³-hybridized carbons (Fsp3) is 0.474. The number of benzene rings is 2. The Labute approximate surface area is 296 Å². The molecule has 8 atom stereocenters. The molecule has 0 radical (unpaired) electrons. The molecule has 1 spiro atoms. The summed E-state index contributed by atoms with van der Waals surface area (Å²) in [7, 11) is 0. The van der Waals surface area contributed by atoms with E-state index >= 15 is 0 Å². The lowest BCUT2D eigenvalue weighted by Crippen LogP contribution is -2.57. The van der Waals surface area contributed by atoms with Gasteiger partial charge in [-0.1, -0.05) is 102 Å². The van der Waals surface area contributed by atoms with E-state index in [0.29, 0.717) is 30.5 Å². The van der Waals surface area contributed by atoms with E-state index in [4.69, 9.17) is 9.47 Å². The van der Waals surface area contributed by atoms with Crippen molar-refractivity contribution in [2.45, 2.75) is 73.7 Å². The van der Waals surface area contributed by atoms with Gasteiger partial charge in [0.05, 0.1) is 37.1 Å². The number of allylic oxidation sites excluding steroid dienone is 1. The zero-order valence-corrected chi connectivity index (χ0v) is 29.5. The summed E-state index contributed by atoms with van der Waals surface area (Å²) < 4.78 is 12.9. The van der Waals surface area contributed by atoms with Crippen molar-refractivity contribution >= 4 is 39.6 Å². The number of carbonyl (C=O) groups excluding carboxylic acids is 4. The Kier molecular flexibility index (Phi) is 12.1. The summed E-state index contributed by atoms with van der Waals surface area (Å²) in [6.45, 7) is 9.89. The third-order valence-corrected chi connectivity index (χ3v) is 10.7. The Balaban J connectivity index is 1.52. The molecule has 2 bridgehead atoms. The molecule has 3 fully saturated rings. The first-order valence-corrected chi connectivity index (χ1v) is 18.0. The molecule has 1 unspecified atom stereocenters. The number of hydrogen-bond acceptors (Lipinski definition) is 7. The second-order valence-corrected chi connectivity index (χ2v) is 14.1. The average Bonchev–Trinajstić information content (AvgIpc) is 3.71. The second-order valence-electron chi connectivity index (χ2n) is 12.9. The van der Waals surface area contributed by atoms with Gasteiger partial charge in [-0.15, -0.1) is 13.2 Å². The lowest BCUT2D eigenvalue weighted by Gasteiger charge is -2.39. The normalized spacial score (nSPS) is 26.5. The van der Waals surface area contributed by atoms with Gasteiger partial charge in [0.2, 0.25) is 17.7 Å². The van der Waals surface area contributed by atoms with Crippen LogP contribution < -0.4 is 5.32 Å². The van der Waals surface area contributed by atoms with Crippen LogP contribution in [0.25, 0.3) is 0 Å². The maximum absolute atomic E-state index is 14.8. The second kappa shape index (κ2) is 16.3. The lowest BCUT2D eigenvalue weighted by atomic mass is 9.70. The zero-order chi connectivity index (χ0) is 35.1. The molecule has 3 aliphatic rings. The number of carbonyl (C=O) groups is 4. The van der Waals surface area contributed by atoms with Crippen molar-refractivity contribution in [3.05, 3.63) is 97.1 Å². The van der Waals surface area contributed by atoms with E-state index in [1.807, 2.05) is 67.6 Å². The van der Waals surface area contributed by atoms with Gasteiger partial charge in [-0.05, 0) is 30.4 Å². The topological polar surface area (TPSA) is 125 Å². The molecule has 2 N–H and O–H groups in total. The molecule has 11 heteroatoms. The molecule has 3 heterocycles. The van der Waals surface area contributed by atoms with Crippen molar-refractivity contribution in [2.75, 3.05) is 26.2 Å². The van der Waals surface area contributed by atoms with E-state index in [0.717, 1.165) is 12.8 Å². The van der Waals surface area contributed by atoms with Gasteiger partial charge >= 0.3 is 5.97 Å². The monoisotopic (exact) mass is 735 g/mol. The SMILES string of the molecule is C=CCCC(=O)NC[C@@H](OC(=O)[C@@H]1[C@H]2O[C@@]3(CC2Br)[C@H](C(=O)N(CC=C)CCCC)N([C@H](CO)c2ccccc2)C(=O)[C@@H]13)c1ccccc1. The number of unbranched alkanes of at least 4 members (excludes halogenated alkanes) is 1. The fourth-order valence-electron chi connectivity index (χ4n) is 7.59. The maximum Gasteiger partial charge on any atom is 0.313 e. The molecule has 49 heavy (non-hydrogen) atoms. The van der Waals surface area contributed by atoms with Crippen molar-refractivity contribution < 1.29 is 33.8 Å². The summed E-state index contributed by atoms with van der Waals surface area (Å²) >= 11 is 3.73. The standard InChI is InChI=1S/C38H46BrN3O7/c1-4-7-19-30(44)40-23-29(26-17-13-10-14-18-26)48-37(47)31-32-35(45)42(28(24-43)25-15-11-9-12-16-25)34(38(32)22-27(39)33(31)49-38)36(46)41(20-6-3)21-8-5-2/h4,6,9-18,27-29,31-34,43H,1,3,5,7-8,19-24H2,2H3,(H,40,44)/t27?,28-,29-,31+,32-,33+,34+,38-/m1/s1. The molecule has 3 saturated heterocycles. The van der Waals surface area contributed by atoms with E-state index in [2.05, 4.69) is 34.4 Å². The Hall–Kier alpha value is -3.80. The van der Waals surface area contributed by atoms with Crippen LogP contribution in [0.15, 0.2) is 86.0 Å². The summed E-state index contributed by atoms with van der Waals surface area (Å²) in [5.41, 5.74) is 0.00437. The lowest BCUT2D eigenvalue weighted by molar-refractivity contribution is -0.161. The number of aliphatic hydroxyl groups excluding tert-OH is 1. The third kappa shape index (κ3) is 7.25. The van der Waals surface area contributed by atoms with Crippen LogP contribution in [0.5, 0.6) is 0 Å². The Morgan fingerprint density at radius 2 is 1.80 bits per heavy atom. The van der Waals surface area contributed by atoms with Crippen molar-refractivity contribution in [2.24, 2.45) is 11.8 Å². The quantitative estimate of drug-likeness (QED) is 0.138. The van der Waals surface area contributed by atoms with Crippen LogP contribution in [0.3, 0.4) is 0 Å². The van der Waals surface area contributed by atoms with Crippen LogP contribution in [0.4, 0.5) is 0 Å². The highest BCUT2D eigenvalue weighted by molar-refractivity contribution is 9.09. The number of nitrogens with one attached hydrogen (secondary N) is 1. The van der Waals surface area contributed by atoms with Crippen LogP contribution in [0.1, 0.15) is 62.3 Å². The molecule has 2 aromatic rings. The molecule has 262 valence electrons. The van der Waals surface area contributed by atoms with Gasteiger partial charge in [0.1, 0.15) is 17.7 Å².